The zero-order valence-electron chi connectivity index (χ0n) is 9.95. The summed E-state index contributed by atoms with van der Waals surface area (Å²) in [5, 5.41) is 10.2. The molecule has 4 heteroatoms. The zero-order valence-corrected chi connectivity index (χ0v) is 9.95. The van der Waals surface area contributed by atoms with Crippen LogP contribution in [0.4, 0.5) is 5.82 Å². The van der Waals surface area contributed by atoms with Gasteiger partial charge < -0.3 is 15.0 Å². The minimum atomic E-state index is -0.604. The van der Waals surface area contributed by atoms with Gasteiger partial charge in [0.05, 0.1) is 6.34 Å². The molecule has 3 rings (SSSR count). The minimum Gasteiger partial charge on any atom is -0.369 e. The highest BCUT2D eigenvalue weighted by atomic mass is 16.3. The van der Waals surface area contributed by atoms with Crippen LogP contribution in [0.2, 0.25) is 0 Å². The standard InChI is InChI=1S/C14H15N3O/c18-14-12-6-8-15-13(12)16-10-17(14)9-7-11-4-2-1-3-5-11/h1-6,8,10,14-15,18H,7,9H2. The topological polar surface area (TPSA) is 51.6 Å². The Bertz CT molecular complexity index is 547. The second-order valence-electron chi connectivity index (χ2n) is 4.37. The molecule has 1 aromatic heterocycles. The lowest BCUT2D eigenvalue weighted by Gasteiger charge is -2.28. The Kier molecular flexibility index (Phi) is 2.86. The van der Waals surface area contributed by atoms with Gasteiger partial charge >= 0.3 is 0 Å². The van der Waals surface area contributed by atoms with Crippen molar-refractivity contribution < 1.29 is 5.11 Å². The van der Waals surface area contributed by atoms with Crippen molar-refractivity contribution >= 4 is 12.2 Å². The molecule has 0 bridgehead atoms. The van der Waals surface area contributed by atoms with Crippen LogP contribution < -0.4 is 0 Å². The number of H-pyrrole nitrogens is 1. The molecule has 2 heterocycles. The summed E-state index contributed by atoms with van der Waals surface area (Å²) in [5.41, 5.74) is 2.10. The monoisotopic (exact) mass is 241 g/mol. The molecular weight excluding hydrogens is 226 g/mol. The zero-order chi connectivity index (χ0) is 12.4. The van der Waals surface area contributed by atoms with Crippen molar-refractivity contribution in [3.8, 4) is 0 Å². The molecule has 18 heavy (non-hydrogen) atoms. The summed E-state index contributed by atoms with van der Waals surface area (Å²) in [5.74, 6) is 0.749. The van der Waals surface area contributed by atoms with Gasteiger partial charge in [0.1, 0.15) is 5.82 Å². The predicted molar refractivity (Wildman–Crippen MR) is 70.8 cm³/mol. The Morgan fingerprint density at radius 3 is 2.89 bits per heavy atom. The highest BCUT2D eigenvalue weighted by molar-refractivity contribution is 5.65. The molecule has 2 N–H and O–H groups in total. The van der Waals surface area contributed by atoms with Gasteiger partial charge in [-0.1, -0.05) is 30.3 Å². The maximum absolute atomic E-state index is 10.2. The van der Waals surface area contributed by atoms with Crippen LogP contribution in [0.25, 0.3) is 0 Å². The largest absolute Gasteiger partial charge is 0.369 e. The molecule has 0 radical (unpaired) electrons. The Hall–Kier alpha value is -2.07. The van der Waals surface area contributed by atoms with Crippen LogP contribution in [0.5, 0.6) is 0 Å². The molecule has 0 saturated carbocycles. The van der Waals surface area contributed by atoms with Crippen molar-refractivity contribution in [1.82, 2.24) is 9.88 Å². The Balaban J connectivity index is 1.68. The maximum atomic E-state index is 10.2. The molecule has 0 saturated heterocycles. The molecule has 1 aliphatic heterocycles. The Morgan fingerprint density at radius 2 is 2.06 bits per heavy atom. The summed E-state index contributed by atoms with van der Waals surface area (Å²) in [7, 11) is 0. The molecule has 1 unspecified atom stereocenters. The van der Waals surface area contributed by atoms with Crippen LogP contribution in [-0.2, 0) is 6.42 Å². The summed E-state index contributed by atoms with van der Waals surface area (Å²) in [6.45, 7) is 0.749. The second-order valence-corrected chi connectivity index (χ2v) is 4.37. The average Bonchev–Trinajstić information content (AvgIpc) is 2.88. The van der Waals surface area contributed by atoms with Gasteiger partial charge in [-0.3, -0.25) is 0 Å². The van der Waals surface area contributed by atoms with Crippen LogP contribution in [0.3, 0.4) is 0 Å². The third-order valence-corrected chi connectivity index (χ3v) is 3.19. The fraction of sp³-hybridized carbons (Fsp3) is 0.214. The van der Waals surface area contributed by atoms with E-state index in [2.05, 4.69) is 22.1 Å². The first-order valence-electron chi connectivity index (χ1n) is 6.04. The number of aliphatic hydroxyl groups is 1. The first-order chi connectivity index (χ1) is 8.84. The van der Waals surface area contributed by atoms with Crippen molar-refractivity contribution in [2.45, 2.75) is 12.6 Å². The van der Waals surface area contributed by atoms with Crippen molar-refractivity contribution in [3.05, 3.63) is 53.7 Å². The smallest absolute Gasteiger partial charge is 0.157 e. The van der Waals surface area contributed by atoms with Gasteiger partial charge in [-0.15, -0.1) is 0 Å². The third kappa shape index (κ3) is 2.02. The van der Waals surface area contributed by atoms with Crippen LogP contribution in [0, 0.1) is 0 Å². The van der Waals surface area contributed by atoms with E-state index in [4.69, 9.17) is 0 Å². The van der Waals surface area contributed by atoms with Gasteiger partial charge in [0, 0.05) is 18.3 Å². The van der Waals surface area contributed by atoms with Crippen LogP contribution in [0.15, 0.2) is 47.6 Å². The lowest BCUT2D eigenvalue weighted by molar-refractivity contribution is 0.0552. The van der Waals surface area contributed by atoms with E-state index in [0.29, 0.717) is 0 Å². The number of aliphatic hydroxyl groups excluding tert-OH is 1. The first kappa shape index (κ1) is 11.0. The lowest BCUT2D eigenvalue weighted by atomic mass is 10.1. The molecule has 92 valence electrons. The SMILES string of the molecule is OC1c2cc[nH]c2N=CN1CCc1ccccc1. The number of benzene rings is 1. The van der Waals surface area contributed by atoms with E-state index in [1.165, 1.54) is 5.56 Å². The molecule has 1 aliphatic rings. The van der Waals surface area contributed by atoms with Crippen molar-refractivity contribution in [2.24, 2.45) is 4.99 Å². The number of rotatable bonds is 3. The highest BCUT2D eigenvalue weighted by Gasteiger charge is 2.22. The molecule has 0 aliphatic carbocycles. The number of aromatic nitrogens is 1. The fourth-order valence-electron chi connectivity index (χ4n) is 2.15. The lowest BCUT2D eigenvalue weighted by Crippen LogP contribution is -2.31. The predicted octanol–water partition coefficient (Wildman–Crippen LogP) is 2.22. The van der Waals surface area contributed by atoms with E-state index in [-0.39, 0.29) is 0 Å². The van der Waals surface area contributed by atoms with E-state index in [9.17, 15) is 5.11 Å². The molecule has 0 fully saturated rings. The van der Waals surface area contributed by atoms with Crippen molar-refractivity contribution in [1.29, 1.82) is 0 Å². The number of nitrogens with one attached hydrogen (secondary N) is 1. The van der Waals surface area contributed by atoms with Crippen LogP contribution in [-0.4, -0.2) is 27.9 Å². The highest BCUT2D eigenvalue weighted by Crippen LogP contribution is 2.29. The molecule has 1 aromatic carbocycles. The van der Waals surface area contributed by atoms with E-state index in [1.54, 1.807) is 12.5 Å². The van der Waals surface area contributed by atoms with E-state index in [0.717, 1.165) is 24.3 Å². The maximum Gasteiger partial charge on any atom is 0.157 e. The number of hydrogen-bond donors (Lipinski definition) is 2. The molecule has 4 nitrogen and oxygen atoms in total. The molecule has 0 spiro atoms. The quantitative estimate of drug-likeness (QED) is 0.865. The molecular formula is C14H15N3O. The van der Waals surface area contributed by atoms with Gasteiger partial charge in [-0.05, 0) is 18.1 Å². The fourth-order valence-corrected chi connectivity index (χ4v) is 2.15. The Labute approximate surface area is 106 Å². The van der Waals surface area contributed by atoms with Crippen molar-refractivity contribution in [3.63, 3.8) is 0 Å². The first-order valence-corrected chi connectivity index (χ1v) is 6.04. The van der Waals surface area contributed by atoms with Gasteiger partial charge in [-0.2, -0.15) is 0 Å². The van der Waals surface area contributed by atoms with E-state index in [1.807, 2.05) is 29.2 Å². The second kappa shape index (κ2) is 4.66. The van der Waals surface area contributed by atoms with E-state index < -0.39 is 6.23 Å². The van der Waals surface area contributed by atoms with E-state index >= 15 is 0 Å². The summed E-state index contributed by atoms with van der Waals surface area (Å²) in [6.07, 6.45) is 3.79. The average molecular weight is 241 g/mol. The summed E-state index contributed by atoms with van der Waals surface area (Å²) in [4.78, 5) is 9.13. The van der Waals surface area contributed by atoms with Crippen LogP contribution in [0.1, 0.15) is 17.4 Å². The summed E-state index contributed by atoms with van der Waals surface area (Å²) in [6, 6.07) is 12.1. The van der Waals surface area contributed by atoms with Crippen LogP contribution >= 0.6 is 0 Å². The van der Waals surface area contributed by atoms with Gasteiger partial charge in [0.2, 0.25) is 0 Å². The molecule has 1 atom stereocenters. The summed E-state index contributed by atoms with van der Waals surface area (Å²) < 4.78 is 0. The number of fused-ring (bicyclic) bond motifs is 1. The normalized spacial score (nSPS) is 17.8. The van der Waals surface area contributed by atoms with Gasteiger partial charge in [-0.25, -0.2) is 4.99 Å². The number of nitrogens with zero attached hydrogens (tertiary/aromatic N) is 2. The third-order valence-electron chi connectivity index (χ3n) is 3.19. The van der Waals surface area contributed by atoms with Gasteiger partial charge in [0.15, 0.2) is 6.23 Å². The molecule has 0 amide bonds. The Morgan fingerprint density at radius 1 is 1.22 bits per heavy atom. The number of aromatic amines is 1. The van der Waals surface area contributed by atoms with Crippen molar-refractivity contribution in [2.75, 3.05) is 6.54 Å². The summed E-state index contributed by atoms with van der Waals surface area (Å²) >= 11 is 0. The number of hydrogen-bond acceptors (Lipinski definition) is 3. The number of aliphatic imine (C=N–C) groups is 1. The van der Waals surface area contributed by atoms with Gasteiger partial charge in [0.25, 0.3) is 0 Å². The molecule has 2 aromatic rings. The minimum absolute atomic E-state index is 0.604.